The van der Waals surface area contributed by atoms with Crippen molar-refractivity contribution >= 4 is 5.97 Å². The summed E-state index contributed by atoms with van der Waals surface area (Å²) in [5, 5.41) is 8.82. The highest BCUT2D eigenvalue weighted by Crippen LogP contribution is 2.51. The van der Waals surface area contributed by atoms with Crippen molar-refractivity contribution in [3.05, 3.63) is 49.1 Å². The van der Waals surface area contributed by atoms with Gasteiger partial charge < -0.3 is 23.5 Å². The normalized spacial score (nSPS) is 22.3. The summed E-state index contributed by atoms with van der Waals surface area (Å²) in [4.78, 5) is 18.6. The molecule has 2 aliphatic rings. The number of hydrogen-bond donors (Lipinski definition) is 0. The lowest BCUT2D eigenvalue weighted by atomic mass is 9.92. The van der Waals surface area contributed by atoms with Gasteiger partial charge in [-0.05, 0) is 70.7 Å². The largest absolute Gasteiger partial charge is 0.473 e. The number of fused-ring (bicyclic) bond motifs is 1. The Labute approximate surface area is 229 Å². The molecule has 3 aromatic rings. The Bertz CT molecular complexity index is 1260. The first kappa shape index (κ1) is 27.1. The van der Waals surface area contributed by atoms with Gasteiger partial charge in [0.25, 0.3) is 0 Å². The lowest BCUT2D eigenvalue weighted by molar-refractivity contribution is -0.156. The number of ether oxygens (including phenoxy) is 4. The van der Waals surface area contributed by atoms with Gasteiger partial charge in [-0.3, -0.25) is 9.69 Å². The summed E-state index contributed by atoms with van der Waals surface area (Å²) in [7, 11) is 3.59. The van der Waals surface area contributed by atoms with Gasteiger partial charge in [0.1, 0.15) is 17.5 Å². The molecule has 208 valence electrons. The van der Waals surface area contributed by atoms with Crippen LogP contribution in [0.4, 0.5) is 0 Å². The number of aromatic nitrogens is 4. The van der Waals surface area contributed by atoms with E-state index in [0.717, 1.165) is 24.1 Å². The molecule has 10 heteroatoms. The highest BCUT2D eigenvalue weighted by Gasteiger charge is 2.50. The zero-order chi connectivity index (χ0) is 27.6. The van der Waals surface area contributed by atoms with Gasteiger partial charge >= 0.3 is 5.97 Å². The lowest BCUT2D eigenvalue weighted by Crippen LogP contribution is -2.44. The molecule has 2 saturated carbocycles. The van der Waals surface area contributed by atoms with E-state index in [2.05, 4.69) is 20.1 Å². The Morgan fingerprint density at radius 1 is 1.13 bits per heavy atom. The highest BCUT2D eigenvalue weighted by molar-refractivity contribution is 5.72. The van der Waals surface area contributed by atoms with Gasteiger partial charge in [-0.15, -0.1) is 10.2 Å². The monoisotopic (exact) mass is 535 g/mol. The zero-order valence-electron chi connectivity index (χ0n) is 23.2. The standard InChI is InChI=1S/C29H37N5O5/c1-29(2,3)39-28(35)16-33(4)25-15-21(12-19-13-23(19)25)38-27-9-8-24(31-32-27)22-7-6-20(34-11-10-30-17-34)14-26(22)37-18-36-5/h6-11,14,17,19,21,23,25H,12-13,15-16,18H2,1-5H3/t19-,21-,23+,25?/m1/s1. The fraction of sp³-hybridized carbons (Fsp3) is 0.517. The third-order valence-corrected chi connectivity index (χ3v) is 7.21. The maximum Gasteiger partial charge on any atom is 0.320 e. The molecule has 0 saturated heterocycles. The number of nitrogens with zero attached hydrogens (tertiary/aromatic N) is 5. The fourth-order valence-electron chi connectivity index (χ4n) is 5.42. The summed E-state index contributed by atoms with van der Waals surface area (Å²) in [6, 6.07) is 9.87. The molecule has 10 nitrogen and oxygen atoms in total. The minimum atomic E-state index is -0.484. The number of rotatable bonds is 10. The van der Waals surface area contributed by atoms with E-state index in [0.29, 0.717) is 29.2 Å². The molecule has 5 rings (SSSR count). The van der Waals surface area contributed by atoms with Gasteiger partial charge in [-0.1, -0.05) is 0 Å². The van der Waals surface area contributed by atoms with E-state index in [4.69, 9.17) is 18.9 Å². The summed E-state index contributed by atoms with van der Waals surface area (Å²) in [5.41, 5.74) is 1.91. The summed E-state index contributed by atoms with van der Waals surface area (Å²) >= 11 is 0. The van der Waals surface area contributed by atoms with Gasteiger partial charge in [0, 0.05) is 49.7 Å². The molecular weight excluding hydrogens is 498 g/mol. The Morgan fingerprint density at radius 2 is 1.97 bits per heavy atom. The van der Waals surface area contributed by atoms with E-state index in [9.17, 15) is 4.79 Å². The molecule has 0 N–H and O–H groups in total. The van der Waals surface area contributed by atoms with Gasteiger partial charge in [-0.2, -0.15) is 0 Å². The molecule has 2 fully saturated rings. The number of imidazole rings is 1. The predicted octanol–water partition coefficient (Wildman–Crippen LogP) is 4.13. The van der Waals surface area contributed by atoms with E-state index >= 15 is 0 Å². The average Bonchev–Trinajstić information content (AvgIpc) is 3.45. The zero-order valence-corrected chi connectivity index (χ0v) is 23.2. The van der Waals surface area contributed by atoms with Crippen molar-refractivity contribution < 1.29 is 23.7 Å². The average molecular weight is 536 g/mol. The lowest BCUT2D eigenvalue weighted by Gasteiger charge is -2.35. The summed E-state index contributed by atoms with van der Waals surface area (Å²) in [6.07, 6.45) is 8.36. The van der Waals surface area contributed by atoms with E-state index in [1.54, 1.807) is 19.6 Å². The molecule has 2 heterocycles. The van der Waals surface area contributed by atoms with Crippen molar-refractivity contribution in [2.24, 2.45) is 11.8 Å². The number of likely N-dealkylation sites (N-methyl/N-ethyl adjacent to an activating group) is 1. The number of benzene rings is 1. The molecule has 0 bridgehead atoms. The fourth-order valence-corrected chi connectivity index (χ4v) is 5.42. The number of hydrogen-bond acceptors (Lipinski definition) is 9. The summed E-state index contributed by atoms with van der Waals surface area (Å²) in [6.45, 7) is 6.07. The molecule has 1 aromatic carbocycles. The van der Waals surface area contributed by atoms with Crippen LogP contribution in [0.2, 0.25) is 0 Å². The first-order valence-corrected chi connectivity index (χ1v) is 13.4. The minimum Gasteiger partial charge on any atom is -0.473 e. The number of carbonyl (C=O) groups excluding carboxylic acids is 1. The molecule has 2 aromatic heterocycles. The maximum absolute atomic E-state index is 12.4. The first-order valence-electron chi connectivity index (χ1n) is 13.4. The molecule has 0 spiro atoms. The molecule has 4 atom stereocenters. The topological polar surface area (TPSA) is 101 Å². The molecular formula is C29H37N5O5. The maximum atomic E-state index is 12.4. The van der Waals surface area contributed by atoms with Crippen LogP contribution in [0.5, 0.6) is 11.6 Å². The van der Waals surface area contributed by atoms with E-state index < -0.39 is 5.60 Å². The second-order valence-electron chi connectivity index (χ2n) is 11.4. The molecule has 2 aliphatic carbocycles. The second kappa shape index (κ2) is 11.3. The van der Waals surface area contributed by atoms with Crippen LogP contribution >= 0.6 is 0 Å². The van der Waals surface area contributed by atoms with Crippen molar-refractivity contribution in [1.29, 1.82) is 0 Å². The van der Waals surface area contributed by atoms with Crippen molar-refractivity contribution in [3.63, 3.8) is 0 Å². The van der Waals surface area contributed by atoms with Crippen LogP contribution in [-0.2, 0) is 14.3 Å². The quantitative estimate of drug-likeness (QED) is 0.280. The Morgan fingerprint density at radius 3 is 2.67 bits per heavy atom. The third-order valence-electron chi connectivity index (χ3n) is 7.21. The van der Waals surface area contributed by atoms with Gasteiger partial charge in [-0.25, -0.2) is 4.98 Å². The van der Waals surface area contributed by atoms with Crippen LogP contribution in [0.25, 0.3) is 16.9 Å². The Hall–Kier alpha value is -3.50. The van der Waals surface area contributed by atoms with Crippen LogP contribution in [0.1, 0.15) is 40.0 Å². The van der Waals surface area contributed by atoms with Crippen LogP contribution in [-0.4, -0.2) is 75.9 Å². The molecule has 1 unspecified atom stereocenters. The molecule has 0 aliphatic heterocycles. The number of methoxy groups -OCH3 is 1. The smallest absolute Gasteiger partial charge is 0.320 e. The van der Waals surface area contributed by atoms with Crippen molar-refractivity contribution in [2.45, 2.75) is 57.8 Å². The second-order valence-corrected chi connectivity index (χ2v) is 11.4. The summed E-state index contributed by atoms with van der Waals surface area (Å²) in [5.74, 6) is 2.16. The van der Waals surface area contributed by atoms with Crippen LogP contribution < -0.4 is 9.47 Å². The van der Waals surface area contributed by atoms with Gasteiger partial charge in [0.05, 0.1) is 24.3 Å². The van der Waals surface area contributed by atoms with E-state index in [1.165, 1.54) is 6.42 Å². The van der Waals surface area contributed by atoms with Gasteiger partial charge in [0.15, 0.2) is 6.79 Å². The highest BCUT2D eigenvalue weighted by atomic mass is 16.7. The summed E-state index contributed by atoms with van der Waals surface area (Å²) < 4.78 is 24.7. The first-order chi connectivity index (χ1) is 18.7. The van der Waals surface area contributed by atoms with Crippen molar-refractivity contribution in [1.82, 2.24) is 24.6 Å². The SMILES string of the molecule is COCOc1cc(-n2ccnc2)ccc1-c1ccc(O[C@H]2CC(N(C)CC(=O)OC(C)(C)C)[C@H]3C[C@H]3C2)nn1. The Balaban J connectivity index is 1.24. The Kier molecular flexibility index (Phi) is 7.86. The van der Waals surface area contributed by atoms with Crippen molar-refractivity contribution in [2.75, 3.05) is 27.5 Å². The third kappa shape index (κ3) is 6.75. The number of esters is 1. The van der Waals surface area contributed by atoms with Gasteiger partial charge in [0.2, 0.25) is 5.88 Å². The van der Waals surface area contributed by atoms with Crippen LogP contribution in [0.3, 0.4) is 0 Å². The van der Waals surface area contributed by atoms with E-state index in [-0.39, 0.29) is 31.5 Å². The molecule has 0 amide bonds. The van der Waals surface area contributed by atoms with Crippen LogP contribution in [0, 0.1) is 11.8 Å². The molecule has 0 radical (unpaired) electrons. The minimum absolute atomic E-state index is 0.0232. The predicted molar refractivity (Wildman–Crippen MR) is 145 cm³/mol. The van der Waals surface area contributed by atoms with Crippen molar-refractivity contribution in [3.8, 4) is 28.6 Å². The van der Waals surface area contributed by atoms with Crippen LogP contribution in [0.15, 0.2) is 49.1 Å². The number of carbonyl (C=O) groups is 1. The molecule has 39 heavy (non-hydrogen) atoms. The van der Waals surface area contributed by atoms with E-state index in [1.807, 2.05) is 68.9 Å².